The van der Waals surface area contributed by atoms with Gasteiger partial charge in [-0.15, -0.1) is 0 Å². The van der Waals surface area contributed by atoms with Crippen molar-refractivity contribution in [3.05, 3.63) is 39.9 Å². The molecule has 0 fully saturated rings. The molecule has 1 aromatic carbocycles. The Balaban J connectivity index is 2.78. The molecule has 84 valence electrons. The minimum atomic E-state index is -1.14. The van der Waals surface area contributed by atoms with E-state index in [1.807, 2.05) is 0 Å². The molecule has 0 amide bonds. The van der Waals surface area contributed by atoms with E-state index in [1.165, 1.54) is 12.1 Å². The second-order valence-electron chi connectivity index (χ2n) is 2.65. The molecule has 0 aliphatic rings. The Morgan fingerprint density at radius 3 is 2.25 bits per heavy atom. The molecule has 7 nitrogen and oxygen atoms in total. The van der Waals surface area contributed by atoms with E-state index in [0.717, 1.165) is 19.2 Å². The number of rotatable bonds is 2. The van der Waals surface area contributed by atoms with Crippen molar-refractivity contribution in [2.75, 3.05) is 7.11 Å². The number of esters is 1. The third kappa shape index (κ3) is 2.77. The Bertz CT molecular complexity index is 424. The monoisotopic (exact) mass is 225 g/mol. The number of benzene rings is 1. The molecule has 0 unspecified atom stereocenters. The van der Waals surface area contributed by atoms with Crippen molar-refractivity contribution >= 4 is 17.8 Å². The standard InChI is InChI=1S/C9H7NO6/c1-15-9(12)16-8(11)6-2-4-7(5-3-6)10(13)14/h2-5H,1H3. The van der Waals surface area contributed by atoms with E-state index in [2.05, 4.69) is 9.47 Å². The average Bonchev–Trinajstić information content (AvgIpc) is 2.28. The first kappa shape index (κ1) is 11.6. The molecule has 0 aliphatic carbocycles. The molecule has 1 aromatic rings. The molecule has 0 heterocycles. The highest BCUT2D eigenvalue weighted by Gasteiger charge is 2.14. The van der Waals surface area contributed by atoms with Crippen molar-refractivity contribution in [2.24, 2.45) is 0 Å². The van der Waals surface area contributed by atoms with Gasteiger partial charge in [-0.2, -0.15) is 0 Å². The molecule has 0 saturated carbocycles. The normalized spacial score (nSPS) is 9.31. The number of nitro benzene ring substituents is 1. The third-order valence-corrected chi connectivity index (χ3v) is 1.66. The van der Waals surface area contributed by atoms with E-state index >= 15 is 0 Å². The quantitative estimate of drug-likeness (QED) is 0.327. The van der Waals surface area contributed by atoms with E-state index in [4.69, 9.17) is 0 Å². The molecule has 16 heavy (non-hydrogen) atoms. The second kappa shape index (κ2) is 4.87. The number of carbonyl (C=O) groups is 2. The average molecular weight is 225 g/mol. The molecular formula is C9H7NO6. The fourth-order valence-electron chi connectivity index (χ4n) is 0.896. The summed E-state index contributed by atoms with van der Waals surface area (Å²) in [5, 5.41) is 10.3. The van der Waals surface area contributed by atoms with Crippen LogP contribution in [0.2, 0.25) is 0 Å². The molecule has 0 atom stereocenters. The zero-order valence-electron chi connectivity index (χ0n) is 8.21. The van der Waals surface area contributed by atoms with Crippen LogP contribution in [0.5, 0.6) is 0 Å². The van der Waals surface area contributed by atoms with Crippen molar-refractivity contribution < 1.29 is 24.0 Å². The Morgan fingerprint density at radius 1 is 1.25 bits per heavy atom. The highest BCUT2D eigenvalue weighted by Crippen LogP contribution is 2.12. The van der Waals surface area contributed by atoms with Gasteiger partial charge in [-0.3, -0.25) is 10.1 Å². The van der Waals surface area contributed by atoms with Crippen molar-refractivity contribution in [1.29, 1.82) is 0 Å². The summed E-state index contributed by atoms with van der Waals surface area (Å²) in [6.45, 7) is 0. The van der Waals surface area contributed by atoms with Crippen LogP contribution in [0, 0.1) is 10.1 Å². The first-order chi connectivity index (χ1) is 7.54. The summed E-state index contributed by atoms with van der Waals surface area (Å²) in [4.78, 5) is 31.5. The molecule has 0 aliphatic heterocycles. The number of carbonyl (C=O) groups excluding carboxylic acids is 2. The fraction of sp³-hybridized carbons (Fsp3) is 0.111. The minimum absolute atomic E-state index is 0.0241. The first-order valence-electron chi connectivity index (χ1n) is 4.09. The van der Waals surface area contributed by atoms with E-state index in [9.17, 15) is 19.7 Å². The van der Waals surface area contributed by atoms with Gasteiger partial charge in [0.1, 0.15) is 0 Å². The molecule has 7 heteroatoms. The maximum atomic E-state index is 11.2. The first-order valence-corrected chi connectivity index (χ1v) is 4.09. The summed E-state index contributed by atoms with van der Waals surface area (Å²) in [7, 11) is 1.06. The number of hydrogen-bond donors (Lipinski definition) is 0. The second-order valence-corrected chi connectivity index (χ2v) is 2.65. The van der Waals surface area contributed by atoms with Crippen molar-refractivity contribution in [1.82, 2.24) is 0 Å². The number of ether oxygens (including phenoxy) is 2. The van der Waals surface area contributed by atoms with Gasteiger partial charge in [-0.25, -0.2) is 9.59 Å². The summed E-state index contributed by atoms with van der Waals surface area (Å²) in [6, 6.07) is 4.63. The topological polar surface area (TPSA) is 95.7 Å². The molecule has 0 bridgehead atoms. The van der Waals surface area contributed by atoms with Gasteiger partial charge >= 0.3 is 12.1 Å². The van der Waals surface area contributed by atoms with Crippen LogP contribution in [-0.2, 0) is 9.47 Å². The zero-order valence-corrected chi connectivity index (χ0v) is 8.21. The fourth-order valence-corrected chi connectivity index (χ4v) is 0.896. The Labute approximate surface area is 89.7 Å². The Hall–Kier alpha value is -2.44. The lowest BCUT2D eigenvalue weighted by atomic mass is 10.2. The van der Waals surface area contributed by atoms with E-state index in [1.54, 1.807) is 0 Å². The van der Waals surface area contributed by atoms with Crippen molar-refractivity contribution in [2.45, 2.75) is 0 Å². The summed E-state index contributed by atoms with van der Waals surface area (Å²) < 4.78 is 8.33. The van der Waals surface area contributed by atoms with Gasteiger partial charge in [0.05, 0.1) is 17.6 Å². The lowest BCUT2D eigenvalue weighted by Crippen LogP contribution is -2.12. The van der Waals surface area contributed by atoms with Gasteiger partial charge in [-0.05, 0) is 12.1 Å². The van der Waals surface area contributed by atoms with Gasteiger partial charge < -0.3 is 9.47 Å². The van der Waals surface area contributed by atoms with Crippen LogP contribution >= 0.6 is 0 Å². The highest BCUT2D eigenvalue weighted by atomic mass is 16.7. The van der Waals surface area contributed by atoms with Gasteiger partial charge in [0.2, 0.25) is 0 Å². The lowest BCUT2D eigenvalue weighted by molar-refractivity contribution is -0.384. The van der Waals surface area contributed by atoms with Gasteiger partial charge in [0.25, 0.3) is 5.69 Å². The summed E-state index contributed by atoms with van der Waals surface area (Å²) in [6.07, 6.45) is -1.14. The number of hydrogen-bond acceptors (Lipinski definition) is 6. The summed E-state index contributed by atoms with van der Waals surface area (Å²) in [5.41, 5.74) is -0.134. The zero-order chi connectivity index (χ0) is 12.1. The maximum absolute atomic E-state index is 11.2. The third-order valence-electron chi connectivity index (χ3n) is 1.66. The smallest absolute Gasteiger partial charge is 0.437 e. The van der Waals surface area contributed by atoms with E-state index in [-0.39, 0.29) is 11.3 Å². The highest BCUT2D eigenvalue weighted by molar-refractivity contribution is 5.95. The predicted molar refractivity (Wildman–Crippen MR) is 50.9 cm³/mol. The summed E-state index contributed by atoms with van der Waals surface area (Å²) in [5.74, 6) is -0.929. The molecule has 0 radical (unpaired) electrons. The van der Waals surface area contributed by atoms with Crippen molar-refractivity contribution in [3.8, 4) is 0 Å². The number of non-ortho nitro benzene ring substituents is 1. The van der Waals surface area contributed by atoms with Crippen LogP contribution in [0.1, 0.15) is 10.4 Å². The Kier molecular flexibility index (Phi) is 3.54. The summed E-state index contributed by atoms with van der Waals surface area (Å²) >= 11 is 0. The largest absolute Gasteiger partial charge is 0.516 e. The van der Waals surface area contributed by atoms with E-state index < -0.39 is 17.0 Å². The molecule has 1 rings (SSSR count). The van der Waals surface area contributed by atoms with Crippen LogP contribution < -0.4 is 0 Å². The van der Waals surface area contributed by atoms with Crippen LogP contribution in [0.4, 0.5) is 10.5 Å². The predicted octanol–water partition coefficient (Wildman–Crippen LogP) is 1.52. The molecule has 0 N–H and O–H groups in total. The van der Waals surface area contributed by atoms with Gasteiger partial charge in [-0.1, -0.05) is 0 Å². The van der Waals surface area contributed by atoms with Gasteiger partial charge in [0, 0.05) is 12.1 Å². The molecular weight excluding hydrogens is 218 g/mol. The van der Waals surface area contributed by atoms with Crippen LogP contribution in [0.3, 0.4) is 0 Å². The number of nitrogens with zero attached hydrogens (tertiary/aromatic N) is 1. The minimum Gasteiger partial charge on any atom is -0.437 e. The van der Waals surface area contributed by atoms with Gasteiger partial charge in [0.15, 0.2) is 0 Å². The van der Waals surface area contributed by atoms with E-state index in [0.29, 0.717) is 0 Å². The SMILES string of the molecule is COC(=O)OC(=O)c1ccc([N+](=O)[O-])cc1. The van der Waals surface area contributed by atoms with Crippen molar-refractivity contribution in [3.63, 3.8) is 0 Å². The number of nitro groups is 1. The van der Waals surface area contributed by atoms with Crippen LogP contribution in [-0.4, -0.2) is 24.2 Å². The lowest BCUT2D eigenvalue weighted by Gasteiger charge is -2.00. The molecule has 0 aromatic heterocycles. The number of methoxy groups -OCH3 is 1. The Morgan fingerprint density at radius 2 is 1.81 bits per heavy atom. The van der Waals surface area contributed by atoms with Crippen LogP contribution in [0.15, 0.2) is 24.3 Å². The molecule has 0 spiro atoms. The molecule has 0 saturated heterocycles. The van der Waals surface area contributed by atoms with Crippen LogP contribution in [0.25, 0.3) is 0 Å². The maximum Gasteiger partial charge on any atom is 0.516 e.